The zero-order valence-electron chi connectivity index (χ0n) is 20.0. The normalized spacial score (nSPS) is 19.9. The third kappa shape index (κ3) is 5.01. The summed E-state index contributed by atoms with van der Waals surface area (Å²) in [4.78, 5) is 16.7. The smallest absolute Gasteiger partial charge is 0.396 e. The fourth-order valence-corrected chi connectivity index (χ4v) is 5.57. The Labute approximate surface area is 202 Å². The van der Waals surface area contributed by atoms with Gasteiger partial charge in [-0.3, -0.25) is 9.48 Å². The predicted molar refractivity (Wildman–Crippen MR) is 124 cm³/mol. The van der Waals surface area contributed by atoms with Gasteiger partial charge in [0.1, 0.15) is 0 Å². The number of aliphatic hydroxyl groups is 1. The van der Waals surface area contributed by atoms with E-state index in [-0.39, 0.29) is 29.4 Å². The maximum Gasteiger partial charge on any atom is 0.417 e. The highest BCUT2D eigenvalue weighted by Crippen LogP contribution is 2.46. The van der Waals surface area contributed by atoms with E-state index in [0.29, 0.717) is 57.7 Å². The SMILES string of the molecule is Cc1cc(C)n(CCC(=O)N2CC(CO)C3(CCN(c4ccc(C#N)c(C(F)(F)F)c4)CC3)C2)n1. The molecule has 1 amide bonds. The van der Waals surface area contributed by atoms with Crippen LogP contribution in [0.15, 0.2) is 24.3 Å². The first-order valence-electron chi connectivity index (χ1n) is 11.8. The number of carbonyl (C=O) groups is 1. The van der Waals surface area contributed by atoms with Crippen molar-refractivity contribution >= 4 is 11.6 Å². The first-order valence-corrected chi connectivity index (χ1v) is 11.8. The zero-order valence-corrected chi connectivity index (χ0v) is 20.0. The van der Waals surface area contributed by atoms with Crippen LogP contribution < -0.4 is 4.90 Å². The molecule has 0 bridgehead atoms. The molecule has 1 spiro atoms. The van der Waals surface area contributed by atoms with E-state index in [2.05, 4.69) is 5.10 Å². The van der Waals surface area contributed by atoms with E-state index in [0.717, 1.165) is 17.5 Å². The first kappa shape index (κ1) is 25.0. The Hall–Kier alpha value is -3.06. The van der Waals surface area contributed by atoms with Crippen molar-refractivity contribution < 1.29 is 23.1 Å². The standard InChI is InChI=1S/C25H30F3N5O2/c1-17-11-18(2)33(30-17)8-5-23(35)32-14-20(15-34)24(16-32)6-9-31(10-7-24)21-4-3-19(13-29)22(12-21)25(26,27)28/h3-4,11-12,20,34H,5-10,14-16H2,1-2H3. The van der Waals surface area contributed by atoms with Crippen LogP contribution in [0, 0.1) is 36.5 Å². The minimum Gasteiger partial charge on any atom is -0.396 e. The number of hydrogen-bond acceptors (Lipinski definition) is 5. The molecule has 0 radical (unpaired) electrons. The Bertz CT molecular complexity index is 1130. The first-order chi connectivity index (χ1) is 16.6. The van der Waals surface area contributed by atoms with Gasteiger partial charge in [-0.05, 0) is 56.4 Å². The van der Waals surface area contributed by atoms with Gasteiger partial charge in [0.2, 0.25) is 5.91 Å². The second kappa shape index (κ2) is 9.53. The van der Waals surface area contributed by atoms with Gasteiger partial charge in [-0.15, -0.1) is 0 Å². The summed E-state index contributed by atoms with van der Waals surface area (Å²) in [5.41, 5.74) is 0.782. The molecule has 7 nitrogen and oxygen atoms in total. The zero-order chi connectivity index (χ0) is 25.4. The van der Waals surface area contributed by atoms with Gasteiger partial charge in [0, 0.05) is 63.1 Å². The molecule has 1 aromatic heterocycles. The van der Waals surface area contributed by atoms with Crippen LogP contribution in [0.25, 0.3) is 0 Å². The van der Waals surface area contributed by atoms with Gasteiger partial charge in [-0.2, -0.15) is 23.5 Å². The number of piperidine rings is 1. The lowest BCUT2D eigenvalue weighted by atomic mass is 9.71. The maximum absolute atomic E-state index is 13.4. The summed E-state index contributed by atoms with van der Waals surface area (Å²) in [6.07, 6.45) is -2.94. The van der Waals surface area contributed by atoms with Gasteiger partial charge in [0.05, 0.1) is 22.9 Å². The third-order valence-corrected chi connectivity index (χ3v) is 7.58. The molecular weight excluding hydrogens is 459 g/mol. The lowest BCUT2D eigenvalue weighted by molar-refractivity contribution is -0.137. The van der Waals surface area contributed by atoms with Crippen LogP contribution in [0.1, 0.15) is 41.8 Å². The molecular formula is C25H30F3N5O2. The molecule has 3 heterocycles. The second-order valence-corrected chi connectivity index (χ2v) is 9.74. The van der Waals surface area contributed by atoms with Gasteiger partial charge < -0.3 is 14.9 Å². The van der Waals surface area contributed by atoms with E-state index in [9.17, 15) is 23.1 Å². The molecule has 1 aromatic carbocycles. The van der Waals surface area contributed by atoms with E-state index in [1.54, 1.807) is 12.1 Å². The highest BCUT2D eigenvalue weighted by molar-refractivity contribution is 5.76. The fraction of sp³-hybridized carbons (Fsp3) is 0.560. The van der Waals surface area contributed by atoms with Crippen LogP contribution in [-0.4, -0.2) is 58.5 Å². The lowest BCUT2D eigenvalue weighted by Gasteiger charge is -2.43. The largest absolute Gasteiger partial charge is 0.417 e. The molecule has 2 fully saturated rings. The highest BCUT2D eigenvalue weighted by atomic mass is 19.4. The summed E-state index contributed by atoms with van der Waals surface area (Å²) >= 11 is 0. The van der Waals surface area contributed by atoms with Crippen molar-refractivity contribution in [2.75, 3.05) is 37.7 Å². The Kier molecular flexibility index (Phi) is 6.82. The summed E-state index contributed by atoms with van der Waals surface area (Å²) in [5.74, 6) is -0.0359. The summed E-state index contributed by atoms with van der Waals surface area (Å²) in [6, 6.07) is 7.40. The van der Waals surface area contributed by atoms with Crippen LogP contribution in [0.3, 0.4) is 0 Å². The van der Waals surface area contributed by atoms with E-state index >= 15 is 0 Å². The molecule has 10 heteroatoms. The number of aliphatic hydroxyl groups excluding tert-OH is 1. The van der Waals surface area contributed by atoms with Crippen molar-refractivity contribution in [2.45, 2.75) is 45.8 Å². The number of benzene rings is 1. The van der Waals surface area contributed by atoms with E-state index in [1.165, 1.54) is 6.07 Å². The third-order valence-electron chi connectivity index (χ3n) is 7.58. The summed E-state index contributed by atoms with van der Waals surface area (Å²) in [5, 5.41) is 23.5. The quantitative estimate of drug-likeness (QED) is 0.695. The van der Waals surface area contributed by atoms with Crippen LogP contribution in [0.5, 0.6) is 0 Å². The van der Waals surface area contributed by atoms with Crippen molar-refractivity contribution in [3.05, 3.63) is 46.8 Å². The number of anilines is 1. The number of halogens is 3. The van der Waals surface area contributed by atoms with Crippen LogP contribution in [0.2, 0.25) is 0 Å². The molecule has 1 N–H and O–H groups in total. The molecule has 2 saturated heterocycles. The Morgan fingerprint density at radius 2 is 1.97 bits per heavy atom. The molecule has 0 aliphatic carbocycles. The van der Waals surface area contributed by atoms with Crippen molar-refractivity contribution in [1.82, 2.24) is 14.7 Å². The van der Waals surface area contributed by atoms with Crippen molar-refractivity contribution in [2.24, 2.45) is 11.3 Å². The predicted octanol–water partition coefficient (Wildman–Crippen LogP) is 3.52. The molecule has 2 aliphatic heterocycles. The molecule has 2 aromatic rings. The molecule has 0 saturated carbocycles. The topological polar surface area (TPSA) is 85.4 Å². The van der Waals surface area contributed by atoms with Crippen LogP contribution in [0.4, 0.5) is 18.9 Å². The summed E-state index contributed by atoms with van der Waals surface area (Å²) in [6.45, 7) is 6.41. The van der Waals surface area contributed by atoms with Crippen LogP contribution in [-0.2, 0) is 17.5 Å². The number of rotatable bonds is 5. The number of carbonyl (C=O) groups excluding carboxylic acids is 1. The summed E-state index contributed by atoms with van der Waals surface area (Å²) in [7, 11) is 0. The minimum absolute atomic E-state index is 0.0252. The molecule has 4 rings (SSSR count). The molecule has 2 aliphatic rings. The van der Waals surface area contributed by atoms with Crippen molar-refractivity contribution in [1.29, 1.82) is 5.26 Å². The highest BCUT2D eigenvalue weighted by Gasteiger charge is 2.49. The average Bonchev–Trinajstić information content (AvgIpc) is 3.35. The lowest BCUT2D eigenvalue weighted by Crippen LogP contribution is -2.45. The Balaban J connectivity index is 1.42. The van der Waals surface area contributed by atoms with Crippen molar-refractivity contribution in [3.63, 3.8) is 0 Å². The Morgan fingerprint density at radius 3 is 2.54 bits per heavy atom. The van der Waals surface area contributed by atoms with Gasteiger partial charge in [-0.1, -0.05) is 0 Å². The number of hydrogen-bond donors (Lipinski definition) is 1. The average molecular weight is 490 g/mol. The molecule has 188 valence electrons. The number of nitrogens with zero attached hydrogens (tertiary/aromatic N) is 5. The number of likely N-dealkylation sites (tertiary alicyclic amines) is 1. The number of aromatic nitrogens is 2. The number of amides is 1. The van der Waals surface area contributed by atoms with Crippen LogP contribution >= 0.6 is 0 Å². The molecule has 1 atom stereocenters. The van der Waals surface area contributed by atoms with Gasteiger partial charge >= 0.3 is 6.18 Å². The van der Waals surface area contributed by atoms with E-state index < -0.39 is 11.7 Å². The number of alkyl halides is 3. The van der Waals surface area contributed by atoms with Gasteiger partial charge in [-0.25, -0.2) is 0 Å². The molecule has 1 unspecified atom stereocenters. The molecule has 35 heavy (non-hydrogen) atoms. The Morgan fingerprint density at radius 1 is 1.26 bits per heavy atom. The summed E-state index contributed by atoms with van der Waals surface area (Å²) < 4.78 is 42.0. The monoisotopic (exact) mass is 489 g/mol. The van der Waals surface area contributed by atoms with Crippen molar-refractivity contribution in [3.8, 4) is 6.07 Å². The van der Waals surface area contributed by atoms with Gasteiger partial charge in [0.15, 0.2) is 0 Å². The minimum atomic E-state index is -4.60. The maximum atomic E-state index is 13.4. The fourth-order valence-electron chi connectivity index (χ4n) is 5.57. The van der Waals surface area contributed by atoms with E-state index in [1.807, 2.05) is 34.4 Å². The second-order valence-electron chi connectivity index (χ2n) is 9.74. The number of aryl methyl sites for hydroxylation is 3. The van der Waals surface area contributed by atoms with E-state index in [4.69, 9.17) is 5.26 Å². The van der Waals surface area contributed by atoms with Gasteiger partial charge in [0.25, 0.3) is 0 Å². The number of nitriles is 1.